The molecule has 0 spiro atoms. The van der Waals surface area contributed by atoms with Gasteiger partial charge >= 0.3 is 5.91 Å². The van der Waals surface area contributed by atoms with Gasteiger partial charge in [-0.2, -0.15) is 0 Å². The van der Waals surface area contributed by atoms with Crippen LogP contribution < -0.4 is 4.48 Å². The number of hydrogen-bond acceptors (Lipinski definition) is 2. The Bertz CT molecular complexity index is 448. The largest absolute Gasteiger partial charge is 0.334 e. The summed E-state index contributed by atoms with van der Waals surface area (Å²) >= 11 is 5.79. The number of halogens is 1. The van der Waals surface area contributed by atoms with Crippen molar-refractivity contribution in [2.75, 3.05) is 5.88 Å². The number of carbonyl (C=O) groups is 1. The van der Waals surface area contributed by atoms with E-state index in [0.717, 1.165) is 5.69 Å². The van der Waals surface area contributed by atoms with Crippen molar-refractivity contribution in [3.63, 3.8) is 0 Å². The molecule has 1 amide bonds. The quantitative estimate of drug-likeness (QED) is 0.458. The average molecular weight is 252 g/mol. The van der Waals surface area contributed by atoms with Crippen LogP contribution in [0.15, 0.2) is 24.5 Å². The van der Waals surface area contributed by atoms with Crippen molar-refractivity contribution in [3.8, 4) is 0 Å². The minimum Gasteiger partial charge on any atom is -0.258 e. The lowest BCUT2D eigenvalue weighted by Crippen LogP contribution is -2.38. The predicted octanol–water partition coefficient (Wildman–Crippen LogP) is 2.19. The molecule has 0 aromatic carbocycles. The summed E-state index contributed by atoms with van der Waals surface area (Å²) in [5.41, 5.74) is 1.00. The molecule has 3 rings (SSSR count). The monoisotopic (exact) mass is 251 g/mol. The Hall–Kier alpha value is -0.930. The second-order valence-electron chi connectivity index (χ2n) is 5.22. The van der Waals surface area contributed by atoms with Crippen LogP contribution in [0.3, 0.4) is 0 Å². The van der Waals surface area contributed by atoms with E-state index in [0.29, 0.717) is 28.4 Å². The van der Waals surface area contributed by atoms with Crippen molar-refractivity contribution in [2.24, 2.45) is 11.8 Å². The number of pyridine rings is 1. The normalized spacial score (nSPS) is 42.5. The van der Waals surface area contributed by atoms with E-state index in [1.165, 1.54) is 0 Å². The summed E-state index contributed by atoms with van der Waals surface area (Å²) in [4.78, 5) is 16.4. The Morgan fingerprint density at radius 2 is 2.06 bits per heavy atom. The van der Waals surface area contributed by atoms with Crippen molar-refractivity contribution in [1.29, 1.82) is 0 Å². The molecule has 1 aromatic rings. The van der Waals surface area contributed by atoms with Gasteiger partial charge in [-0.15, -0.1) is 11.6 Å². The fraction of sp³-hybridized carbons (Fsp3) is 0.538. The number of aromatic nitrogens is 1. The number of fused-ring (bicyclic) bond motifs is 1. The van der Waals surface area contributed by atoms with Gasteiger partial charge in [0.05, 0.1) is 6.20 Å². The first-order chi connectivity index (χ1) is 8.15. The smallest absolute Gasteiger partial charge is 0.258 e. The Labute approximate surface area is 106 Å². The molecule has 4 unspecified atom stereocenters. The second-order valence-corrected chi connectivity index (χ2v) is 5.48. The molecule has 1 aliphatic carbocycles. The molecular formula is C13H16ClN2O+. The van der Waals surface area contributed by atoms with Crippen LogP contribution in [0.2, 0.25) is 0 Å². The summed E-state index contributed by atoms with van der Waals surface area (Å²) in [6, 6.07) is 4.75. The maximum Gasteiger partial charge on any atom is 0.334 e. The molecule has 0 radical (unpaired) electrons. The number of carbonyl (C=O) groups excluding carboxylic acids is 1. The number of alkyl halides is 1. The molecule has 1 saturated heterocycles. The molecule has 1 aromatic heterocycles. The maximum absolute atomic E-state index is 12.3. The highest BCUT2D eigenvalue weighted by Gasteiger charge is 2.83. The van der Waals surface area contributed by atoms with Crippen LogP contribution in [-0.4, -0.2) is 28.9 Å². The van der Waals surface area contributed by atoms with Gasteiger partial charge in [0, 0.05) is 24.1 Å². The van der Waals surface area contributed by atoms with Gasteiger partial charge in [0.25, 0.3) is 0 Å². The second kappa shape index (κ2) is 3.53. The third kappa shape index (κ3) is 1.16. The summed E-state index contributed by atoms with van der Waals surface area (Å²) in [5, 5.41) is 0. The van der Waals surface area contributed by atoms with E-state index in [1.54, 1.807) is 6.20 Å². The summed E-state index contributed by atoms with van der Waals surface area (Å²) < 4.78 is 0.444. The molecule has 0 bridgehead atoms. The topological polar surface area (TPSA) is 30.0 Å². The zero-order chi connectivity index (χ0) is 12.2. The van der Waals surface area contributed by atoms with Crippen molar-refractivity contribution in [1.82, 2.24) is 9.47 Å². The molecule has 1 saturated carbocycles. The highest BCUT2D eigenvalue weighted by atomic mass is 35.5. The lowest BCUT2D eigenvalue weighted by molar-refractivity contribution is -0.123. The molecule has 0 N–H and O–H groups in total. The van der Waals surface area contributed by atoms with Gasteiger partial charge in [-0.3, -0.25) is 4.98 Å². The molecule has 90 valence electrons. The fourth-order valence-corrected chi connectivity index (χ4v) is 3.92. The Morgan fingerprint density at radius 3 is 2.53 bits per heavy atom. The van der Waals surface area contributed by atoms with Crippen molar-refractivity contribution < 1.29 is 4.79 Å². The molecule has 4 heteroatoms. The number of rotatable bonds is 2. The van der Waals surface area contributed by atoms with Gasteiger partial charge in [-0.25, -0.2) is 9.28 Å². The van der Waals surface area contributed by atoms with Crippen LogP contribution in [0, 0.1) is 11.8 Å². The van der Waals surface area contributed by atoms with Crippen LogP contribution >= 0.6 is 11.6 Å². The molecular weight excluding hydrogens is 236 g/mol. The van der Waals surface area contributed by atoms with Crippen molar-refractivity contribution in [3.05, 3.63) is 24.5 Å². The molecule has 1 aliphatic heterocycles. The van der Waals surface area contributed by atoms with Crippen LogP contribution in [0.5, 0.6) is 0 Å². The lowest BCUT2D eigenvalue weighted by Gasteiger charge is -2.19. The van der Waals surface area contributed by atoms with Crippen molar-refractivity contribution >= 4 is 23.2 Å². The Kier molecular flexibility index (Phi) is 2.32. The molecule has 2 heterocycles. The van der Waals surface area contributed by atoms with Gasteiger partial charge in [-0.05, 0) is 6.07 Å². The number of quaternary nitrogens is 1. The van der Waals surface area contributed by atoms with Crippen LogP contribution in [0.4, 0.5) is 5.69 Å². The SMILES string of the molecule is CC1C(C)C2C1[N+]2(C(=O)CCl)c1cccnc1. The van der Waals surface area contributed by atoms with E-state index in [4.69, 9.17) is 11.6 Å². The molecule has 2 fully saturated rings. The number of hydrogen-bond donors (Lipinski definition) is 0. The zero-order valence-electron chi connectivity index (χ0n) is 10.0. The highest BCUT2D eigenvalue weighted by Crippen LogP contribution is 2.62. The fourth-order valence-electron chi connectivity index (χ4n) is 3.72. The minimum atomic E-state index is 0.0847. The first-order valence-electron chi connectivity index (χ1n) is 6.04. The van der Waals surface area contributed by atoms with Gasteiger partial charge in [-0.1, -0.05) is 13.8 Å². The first kappa shape index (κ1) is 11.2. The number of nitrogens with zero attached hydrogens (tertiary/aromatic N) is 2. The standard InChI is InChI=1S/C13H16ClN2O/c1-8-9(2)13-12(8)16(13,11(17)6-14)10-4-3-5-15-7-10/h3-5,7-9,12-13H,6H2,1-2H3/q+1. The molecule has 3 nitrogen and oxygen atoms in total. The van der Waals surface area contributed by atoms with E-state index in [1.807, 2.05) is 18.3 Å². The summed E-state index contributed by atoms with van der Waals surface area (Å²) in [6.45, 7) is 4.45. The van der Waals surface area contributed by atoms with Crippen LogP contribution in [-0.2, 0) is 4.79 Å². The van der Waals surface area contributed by atoms with Gasteiger partial charge < -0.3 is 0 Å². The third-order valence-corrected chi connectivity index (χ3v) is 4.94. The first-order valence-corrected chi connectivity index (χ1v) is 6.57. The Balaban J connectivity index is 2.05. The van der Waals surface area contributed by atoms with Crippen molar-refractivity contribution in [2.45, 2.75) is 25.9 Å². The highest BCUT2D eigenvalue weighted by molar-refractivity contribution is 6.29. The van der Waals surface area contributed by atoms with E-state index >= 15 is 0 Å². The summed E-state index contributed by atoms with van der Waals surface area (Å²) in [5.74, 6) is 1.38. The number of likely N-dealkylation sites (tertiary alicyclic amines) is 1. The summed E-state index contributed by atoms with van der Waals surface area (Å²) in [7, 11) is 0. The van der Waals surface area contributed by atoms with Crippen LogP contribution in [0.1, 0.15) is 13.8 Å². The van der Waals surface area contributed by atoms with Gasteiger partial charge in [0.1, 0.15) is 5.88 Å². The molecule has 4 atom stereocenters. The number of amides is 1. The van der Waals surface area contributed by atoms with E-state index in [9.17, 15) is 4.79 Å². The van der Waals surface area contributed by atoms with E-state index < -0.39 is 0 Å². The lowest BCUT2D eigenvalue weighted by atomic mass is 9.77. The zero-order valence-corrected chi connectivity index (χ0v) is 10.8. The average Bonchev–Trinajstić information content (AvgIpc) is 3.05. The maximum atomic E-state index is 12.3. The molecule has 2 aliphatic rings. The predicted molar refractivity (Wildman–Crippen MR) is 67.7 cm³/mol. The van der Waals surface area contributed by atoms with E-state index in [2.05, 4.69) is 18.8 Å². The Morgan fingerprint density at radius 1 is 1.41 bits per heavy atom. The van der Waals surface area contributed by atoms with Crippen LogP contribution in [0.25, 0.3) is 0 Å². The van der Waals surface area contributed by atoms with Gasteiger partial charge in [0.2, 0.25) is 0 Å². The third-order valence-electron chi connectivity index (χ3n) is 4.71. The van der Waals surface area contributed by atoms with E-state index in [-0.39, 0.29) is 11.8 Å². The summed E-state index contributed by atoms with van der Waals surface area (Å²) in [6.07, 6.45) is 3.55. The molecule has 17 heavy (non-hydrogen) atoms. The van der Waals surface area contributed by atoms with Gasteiger partial charge in [0.15, 0.2) is 17.8 Å². The minimum absolute atomic E-state index is 0.0847.